The minimum Gasteiger partial charge on any atom is -0.356 e. The van der Waals surface area contributed by atoms with Gasteiger partial charge in [-0.1, -0.05) is 91.0 Å². The molecule has 2 nitrogen and oxygen atoms in total. The zero-order valence-corrected chi connectivity index (χ0v) is 18.1. The van der Waals surface area contributed by atoms with Gasteiger partial charge in [0.1, 0.15) is 0 Å². The van der Waals surface area contributed by atoms with Gasteiger partial charge in [0, 0.05) is 27.9 Å². The fourth-order valence-corrected chi connectivity index (χ4v) is 4.32. The number of nitrogens with one attached hydrogen (secondary N) is 1. The second-order valence-electron chi connectivity index (χ2n) is 8.21. The molecule has 0 bridgehead atoms. The highest BCUT2D eigenvalue weighted by atomic mass is 14.9. The standard InChI is InChI=1S/C31H22N2/c1-2-9-23(10-3-1)29-21-26-12-6-7-13-30(26)33-31(29)24-15-17-27(18-16-24)32-28-19-14-22-8-4-5-11-25(22)20-28/h1-21,32H. The lowest BCUT2D eigenvalue weighted by atomic mass is 9.97. The number of hydrogen-bond acceptors (Lipinski definition) is 2. The van der Waals surface area contributed by atoms with E-state index in [2.05, 4.69) is 121 Å². The number of nitrogens with zero attached hydrogens (tertiary/aromatic N) is 1. The van der Waals surface area contributed by atoms with Crippen molar-refractivity contribution >= 4 is 33.1 Å². The lowest BCUT2D eigenvalue weighted by Crippen LogP contribution is -1.93. The molecule has 6 aromatic rings. The molecule has 0 saturated carbocycles. The van der Waals surface area contributed by atoms with Gasteiger partial charge in [-0.25, -0.2) is 4.98 Å². The van der Waals surface area contributed by atoms with E-state index in [0.29, 0.717) is 0 Å². The van der Waals surface area contributed by atoms with E-state index in [9.17, 15) is 0 Å². The van der Waals surface area contributed by atoms with E-state index in [1.165, 1.54) is 16.3 Å². The largest absolute Gasteiger partial charge is 0.356 e. The molecule has 6 rings (SSSR count). The predicted molar refractivity (Wildman–Crippen MR) is 140 cm³/mol. The van der Waals surface area contributed by atoms with Gasteiger partial charge < -0.3 is 5.32 Å². The van der Waals surface area contributed by atoms with E-state index in [4.69, 9.17) is 4.98 Å². The molecular weight excluding hydrogens is 400 g/mol. The first-order valence-electron chi connectivity index (χ1n) is 11.1. The first kappa shape index (κ1) is 19.3. The first-order valence-corrected chi connectivity index (χ1v) is 11.1. The van der Waals surface area contributed by atoms with Gasteiger partial charge in [-0.15, -0.1) is 0 Å². The van der Waals surface area contributed by atoms with Crippen LogP contribution in [0.15, 0.2) is 127 Å². The van der Waals surface area contributed by atoms with Crippen LogP contribution in [0.4, 0.5) is 11.4 Å². The molecule has 33 heavy (non-hydrogen) atoms. The number of benzene rings is 5. The third-order valence-electron chi connectivity index (χ3n) is 6.01. The summed E-state index contributed by atoms with van der Waals surface area (Å²) in [4.78, 5) is 5.05. The molecule has 1 heterocycles. The quantitative estimate of drug-likeness (QED) is 0.308. The van der Waals surface area contributed by atoms with Crippen molar-refractivity contribution in [2.24, 2.45) is 0 Å². The lowest BCUT2D eigenvalue weighted by Gasteiger charge is -2.13. The average molecular weight is 423 g/mol. The fourth-order valence-electron chi connectivity index (χ4n) is 4.32. The van der Waals surface area contributed by atoms with Crippen LogP contribution >= 0.6 is 0 Å². The third-order valence-corrected chi connectivity index (χ3v) is 6.01. The zero-order valence-electron chi connectivity index (χ0n) is 18.1. The van der Waals surface area contributed by atoms with Crippen LogP contribution in [0.5, 0.6) is 0 Å². The van der Waals surface area contributed by atoms with Crippen molar-refractivity contribution in [1.29, 1.82) is 0 Å². The number of hydrogen-bond donors (Lipinski definition) is 1. The summed E-state index contributed by atoms with van der Waals surface area (Å²) in [5.74, 6) is 0. The number of rotatable bonds is 4. The Balaban J connectivity index is 1.38. The molecule has 2 heteroatoms. The molecular formula is C31H22N2. The van der Waals surface area contributed by atoms with Crippen LogP contribution in [0, 0.1) is 0 Å². The van der Waals surface area contributed by atoms with E-state index in [1.54, 1.807) is 0 Å². The Morgan fingerprint density at radius 2 is 1.12 bits per heavy atom. The van der Waals surface area contributed by atoms with E-state index in [-0.39, 0.29) is 0 Å². The molecule has 0 saturated heterocycles. The van der Waals surface area contributed by atoms with Crippen LogP contribution in [0.2, 0.25) is 0 Å². The van der Waals surface area contributed by atoms with Crippen LogP contribution in [-0.4, -0.2) is 4.98 Å². The van der Waals surface area contributed by atoms with E-state index >= 15 is 0 Å². The highest BCUT2D eigenvalue weighted by Crippen LogP contribution is 2.34. The summed E-state index contributed by atoms with van der Waals surface area (Å²) in [7, 11) is 0. The third kappa shape index (κ3) is 3.83. The normalized spacial score (nSPS) is 11.0. The second kappa shape index (κ2) is 8.25. The monoisotopic (exact) mass is 422 g/mol. The molecule has 0 atom stereocenters. The maximum atomic E-state index is 5.05. The number of pyridine rings is 1. The van der Waals surface area contributed by atoms with Crippen molar-refractivity contribution in [3.63, 3.8) is 0 Å². The Kier molecular flexibility index (Phi) is 4.82. The summed E-state index contributed by atoms with van der Waals surface area (Å²) in [5.41, 5.74) is 7.55. The van der Waals surface area contributed by atoms with Crippen molar-refractivity contribution in [2.75, 3.05) is 5.32 Å². The summed E-state index contributed by atoms with van der Waals surface area (Å²) in [6.07, 6.45) is 0. The maximum Gasteiger partial charge on any atom is 0.0788 e. The lowest BCUT2D eigenvalue weighted by molar-refractivity contribution is 1.39. The smallest absolute Gasteiger partial charge is 0.0788 e. The van der Waals surface area contributed by atoms with Crippen LogP contribution in [0.3, 0.4) is 0 Å². The van der Waals surface area contributed by atoms with Crippen LogP contribution in [0.25, 0.3) is 44.1 Å². The van der Waals surface area contributed by atoms with Crippen molar-refractivity contribution in [1.82, 2.24) is 4.98 Å². The summed E-state index contributed by atoms with van der Waals surface area (Å²) in [6, 6.07) is 44.4. The predicted octanol–water partition coefficient (Wildman–Crippen LogP) is 8.47. The molecule has 1 aromatic heterocycles. The molecule has 0 amide bonds. The topological polar surface area (TPSA) is 24.9 Å². The van der Waals surface area contributed by atoms with Crippen LogP contribution in [0.1, 0.15) is 0 Å². The Bertz CT molecular complexity index is 1570. The molecule has 0 fully saturated rings. The molecule has 0 unspecified atom stereocenters. The molecule has 156 valence electrons. The molecule has 1 N–H and O–H groups in total. The van der Waals surface area contributed by atoms with Gasteiger partial charge >= 0.3 is 0 Å². The van der Waals surface area contributed by atoms with Gasteiger partial charge in [-0.2, -0.15) is 0 Å². The number of anilines is 2. The maximum absolute atomic E-state index is 5.05. The summed E-state index contributed by atoms with van der Waals surface area (Å²) < 4.78 is 0. The minimum atomic E-state index is 0.997. The first-order chi connectivity index (χ1) is 16.3. The Morgan fingerprint density at radius 3 is 1.94 bits per heavy atom. The van der Waals surface area contributed by atoms with Crippen molar-refractivity contribution < 1.29 is 0 Å². The summed E-state index contributed by atoms with van der Waals surface area (Å²) in [5, 5.41) is 7.15. The molecule has 0 aliphatic carbocycles. The van der Waals surface area contributed by atoms with Gasteiger partial charge in [0.25, 0.3) is 0 Å². The summed E-state index contributed by atoms with van der Waals surface area (Å²) >= 11 is 0. The molecule has 0 spiro atoms. The molecule has 5 aromatic carbocycles. The van der Waals surface area contributed by atoms with Crippen molar-refractivity contribution in [3.05, 3.63) is 127 Å². The Morgan fingerprint density at radius 1 is 0.455 bits per heavy atom. The van der Waals surface area contributed by atoms with E-state index < -0.39 is 0 Å². The minimum absolute atomic E-state index is 0.997. The van der Waals surface area contributed by atoms with Gasteiger partial charge in [0.15, 0.2) is 0 Å². The van der Waals surface area contributed by atoms with E-state index in [1.807, 2.05) is 12.1 Å². The highest BCUT2D eigenvalue weighted by Gasteiger charge is 2.11. The van der Waals surface area contributed by atoms with Gasteiger partial charge in [-0.05, 0) is 52.7 Å². The van der Waals surface area contributed by atoms with Crippen molar-refractivity contribution in [2.45, 2.75) is 0 Å². The second-order valence-corrected chi connectivity index (χ2v) is 8.21. The van der Waals surface area contributed by atoms with Crippen LogP contribution < -0.4 is 5.32 Å². The average Bonchev–Trinajstić information content (AvgIpc) is 2.89. The number of aromatic nitrogens is 1. The summed E-state index contributed by atoms with van der Waals surface area (Å²) in [6.45, 7) is 0. The number of para-hydroxylation sites is 1. The molecule has 0 aliphatic rings. The van der Waals surface area contributed by atoms with E-state index in [0.717, 1.165) is 39.1 Å². The highest BCUT2D eigenvalue weighted by molar-refractivity contribution is 5.92. The van der Waals surface area contributed by atoms with Crippen LogP contribution in [-0.2, 0) is 0 Å². The Hall–Kier alpha value is -4.43. The van der Waals surface area contributed by atoms with Gasteiger partial charge in [0.05, 0.1) is 11.2 Å². The SMILES string of the molecule is c1ccc(-c2cc3ccccc3nc2-c2ccc(Nc3ccc4ccccc4c3)cc2)cc1. The molecule has 0 aliphatic heterocycles. The zero-order chi connectivity index (χ0) is 22.0. The number of fused-ring (bicyclic) bond motifs is 2. The molecule has 0 radical (unpaired) electrons. The Labute approximate surface area is 193 Å². The van der Waals surface area contributed by atoms with Crippen molar-refractivity contribution in [3.8, 4) is 22.4 Å². The fraction of sp³-hybridized carbons (Fsp3) is 0. The van der Waals surface area contributed by atoms with Gasteiger partial charge in [-0.3, -0.25) is 0 Å². The van der Waals surface area contributed by atoms with Gasteiger partial charge in [0.2, 0.25) is 0 Å².